The molecule has 0 radical (unpaired) electrons. The van der Waals surface area contributed by atoms with E-state index in [2.05, 4.69) is 20.5 Å². The van der Waals surface area contributed by atoms with Crippen molar-refractivity contribution < 1.29 is 36.7 Å². The zero-order chi connectivity index (χ0) is 31.8. The Morgan fingerprint density at radius 2 is 1.68 bits per heavy atom. The Morgan fingerprint density at radius 3 is 2.32 bits per heavy atom. The minimum atomic E-state index is -4.83. The van der Waals surface area contributed by atoms with E-state index in [1.807, 2.05) is 0 Å². The maximum absolute atomic E-state index is 13.9. The average molecular weight is 617 g/mol. The highest BCUT2D eigenvalue weighted by atomic mass is 19.4. The first-order valence-corrected chi connectivity index (χ1v) is 13.7. The van der Waals surface area contributed by atoms with E-state index in [1.165, 1.54) is 27.9 Å². The van der Waals surface area contributed by atoms with Crippen LogP contribution in [-0.2, 0) is 15.7 Å². The summed E-state index contributed by atoms with van der Waals surface area (Å²) in [5.41, 5.74) is -0.973. The van der Waals surface area contributed by atoms with Crippen LogP contribution in [0.15, 0.2) is 42.6 Å². The number of anilines is 1. The predicted molar refractivity (Wildman–Crippen MR) is 148 cm³/mol. The number of halogens is 4. The highest BCUT2D eigenvalue weighted by Gasteiger charge is 2.36. The molecule has 3 amide bonds. The van der Waals surface area contributed by atoms with Gasteiger partial charge in [-0.05, 0) is 51.1 Å². The van der Waals surface area contributed by atoms with E-state index in [0.717, 1.165) is 24.3 Å². The lowest BCUT2D eigenvalue weighted by Crippen LogP contribution is -2.52. The van der Waals surface area contributed by atoms with Gasteiger partial charge in [0.2, 0.25) is 5.91 Å². The van der Waals surface area contributed by atoms with Gasteiger partial charge in [-0.1, -0.05) is 0 Å². The summed E-state index contributed by atoms with van der Waals surface area (Å²) in [6, 6.07) is 5.95. The van der Waals surface area contributed by atoms with E-state index in [1.54, 1.807) is 25.7 Å². The predicted octanol–water partition coefficient (Wildman–Crippen LogP) is 4.17. The van der Waals surface area contributed by atoms with Gasteiger partial charge in [-0.15, -0.1) is 0 Å². The number of hydrogen-bond donors (Lipinski definition) is 1. The number of carbonyl (C=O) groups excluding carboxylic acids is 3. The molecule has 232 valence electrons. The third-order valence-electron chi connectivity index (χ3n) is 7.13. The molecule has 0 bridgehead atoms. The molecule has 1 aliphatic rings. The second-order valence-corrected chi connectivity index (χ2v) is 10.1. The van der Waals surface area contributed by atoms with E-state index in [4.69, 9.17) is 4.74 Å². The molecule has 1 N–H and O–H groups in total. The monoisotopic (exact) mass is 616 g/mol. The summed E-state index contributed by atoms with van der Waals surface area (Å²) in [7, 11) is 0. The van der Waals surface area contributed by atoms with Gasteiger partial charge in [0, 0.05) is 44.0 Å². The maximum atomic E-state index is 13.9. The van der Waals surface area contributed by atoms with Gasteiger partial charge < -0.3 is 19.9 Å². The van der Waals surface area contributed by atoms with E-state index in [9.17, 15) is 31.9 Å². The molecule has 12 nitrogen and oxygen atoms in total. The van der Waals surface area contributed by atoms with Crippen LogP contribution in [0.25, 0.3) is 16.9 Å². The summed E-state index contributed by atoms with van der Waals surface area (Å²) in [4.78, 5) is 45.5. The molecule has 4 aromatic rings. The van der Waals surface area contributed by atoms with Gasteiger partial charge in [0.1, 0.15) is 11.9 Å². The van der Waals surface area contributed by atoms with Crippen LogP contribution in [0.4, 0.5) is 28.0 Å². The molecule has 1 unspecified atom stereocenters. The number of fused-ring (bicyclic) bond motifs is 1. The molecular weight excluding hydrogens is 588 g/mol. The van der Waals surface area contributed by atoms with Crippen LogP contribution < -0.4 is 5.32 Å². The molecule has 44 heavy (non-hydrogen) atoms. The zero-order valence-corrected chi connectivity index (χ0v) is 23.9. The van der Waals surface area contributed by atoms with Gasteiger partial charge in [-0.25, -0.2) is 18.7 Å². The first-order valence-electron chi connectivity index (χ1n) is 13.7. The van der Waals surface area contributed by atoms with Gasteiger partial charge >= 0.3 is 12.3 Å². The van der Waals surface area contributed by atoms with Gasteiger partial charge in [0.25, 0.3) is 5.91 Å². The van der Waals surface area contributed by atoms with Gasteiger partial charge in [-0.3, -0.25) is 14.3 Å². The number of hydrogen-bond acceptors (Lipinski definition) is 7. The molecule has 1 atom stereocenters. The van der Waals surface area contributed by atoms with Crippen molar-refractivity contribution in [3.8, 4) is 11.3 Å². The van der Waals surface area contributed by atoms with Crippen molar-refractivity contribution in [3.63, 3.8) is 0 Å². The van der Waals surface area contributed by atoms with E-state index in [-0.39, 0.29) is 40.8 Å². The molecular formula is C28H28F4N8O4. The van der Waals surface area contributed by atoms with Crippen LogP contribution in [0, 0.1) is 12.7 Å². The summed E-state index contributed by atoms with van der Waals surface area (Å²) in [5, 5.41) is 10.8. The summed E-state index contributed by atoms with van der Waals surface area (Å²) >= 11 is 0. The van der Waals surface area contributed by atoms with Crippen LogP contribution in [-0.4, -0.2) is 84.9 Å². The third kappa shape index (κ3) is 6.18. The fourth-order valence-corrected chi connectivity index (χ4v) is 4.75. The molecule has 1 aromatic carbocycles. The normalized spacial score (nSPS) is 14.5. The lowest BCUT2D eigenvalue weighted by Gasteiger charge is -2.35. The summed E-state index contributed by atoms with van der Waals surface area (Å²) in [5.74, 6) is -1.61. The lowest BCUT2D eigenvalue weighted by atomic mass is 10.1. The Labute approximate surface area is 248 Å². The average Bonchev–Trinajstić information content (AvgIpc) is 3.59. The number of nitrogens with one attached hydrogen (secondary N) is 1. The second kappa shape index (κ2) is 11.9. The van der Waals surface area contributed by atoms with Crippen molar-refractivity contribution >= 4 is 29.2 Å². The Kier molecular flexibility index (Phi) is 8.25. The van der Waals surface area contributed by atoms with Crippen molar-refractivity contribution in [1.82, 2.24) is 34.2 Å². The van der Waals surface area contributed by atoms with Crippen molar-refractivity contribution in [2.45, 2.75) is 33.0 Å². The fraction of sp³-hybridized carbons (Fsp3) is 0.357. The van der Waals surface area contributed by atoms with Crippen LogP contribution in [0.1, 0.15) is 41.8 Å². The molecule has 0 aliphatic carbocycles. The standard InChI is InChI=1S/C28H28F4N8O4/c1-4-44-27(43)38-11-9-37(10-12-38)26(42)17(3)39-15-22(16(2)35-39)34-25(41)21-14-24-33-20(18-5-7-19(29)8-6-18)13-23(28(30,31)32)40(24)36-21/h5-8,13-15,17H,4,9-12H2,1-3H3,(H,34,41). The second-order valence-electron chi connectivity index (χ2n) is 10.1. The first-order chi connectivity index (χ1) is 20.8. The van der Waals surface area contributed by atoms with Crippen LogP contribution >= 0.6 is 0 Å². The van der Waals surface area contributed by atoms with E-state index >= 15 is 0 Å². The minimum Gasteiger partial charge on any atom is -0.450 e. The number of alkyl halides is 3. The molecule has 5 rings (SSSR count). The topological polar surface area (TPSA) is 127 Å². The highest BCUT2D eigenvalue weighted by Crippen LogP contribution is 2.32. The summed E-state index contributed by atoms with van der Waals surface area (Å²) in [6.45, 7) is 6.50. The van der Waals surface area contributed by atoms with Crippen LogP contribution in [0.5, 0.6) is 0 Å². The number of rotatable bonds is 6. The number of nitrogens with zero attached hydrogens (tertiary/aromatic N) is 7. The largest absolute Gasteiger partial charge is 0.450 e. The van der Waals surface area contributed by atoms with E-state index in [0.29, 0.717) is 36.4 Å². The molecule has 0 spiro atoms. The van der Waals surface area contributed by atoms with Gasteiger partial charge in [0.15, 0.2) is 17.0 Å². The Balaban J connectivity index is 1.32. The van der Waals surface area contributed by atoms with Crippen molar-refractivity contribution in [1.29, 1.82) is 0 Å². The van der Waals surface area contributed by atoms with E-state index < -0.39 is 35.7 Å². The number of piperazine rings is 1. The number of amides is 3. The first kappa shape index (κ1) is 30.4. The number of aryl methyl sites for hydroxylation is 1. The Morgan fingerprint density at radius 1 is 1.02 bits per heavy atom. The molecule has 1 fully saturated rings. The number of benzene rings is 1. The fourth-order valence-electron chi connectivity index (χ4n) is 4.75. The van der Waals surface area contributed by atoms with Crippen molar-refractivity contribution in [2.75, 3.05) is 38.1 Å². The quantitative estimate of drug-likeness (QED) is 0.322. The Bertz CT molecular complexity index is 1710. The lowest BCUT2D eigenvalue weighted by molar-refractivity contribution is -0.142. The van der Waals surface area contributed by atoms with Crippen molar-refractivity contribution in [2.24, 2.45) is 0 Å². The van der Waals surface area contributed by atoms with Crippen molar-refractivity contribution in [3.05, 3.63) is 65.5 Å². The maximum Gasteiger partial charge on any atom is 0.433 e. The Hall–Kier alpha value is -5.02. The minimum absolute atomic E-state index is 0.0743. The SMILES string of the molecule is CCOC(=O)N1CCN(C(=O)C(C)n2cc(NC(=O)c3cc4nc(-c5ccc(F)cc5)cc(C(F)(F)F)n4n3)c(C)n2)CC1. The van der Waals surface area contributed by atoms with Crippen LogP contribution in [0.3, 0.4) is 0 Å². The molecule has 4 heterocycles. The highest BCUT2D eigenvalue weighted by molar-refractivity contribution is 6.03. The molecule has 3 aromatic heterocycles. The molecule has 16 heteroatoms. The van der Waals surface area contributed by atoms with Crippen LogP contribution in [0.2, 0.25) is 0 Å². The third-order valence-corrected chi connectivity index (χ3v) is 7.13. The summed E-state index contributed by atoms with van der Waals surface area (Å²) < 4.78 is 62.1. The number of ether oxygens (including phenoxy) is 1. The zero-order valence-electron chi connectivity index (χ0n) is 23.9. The number of aromatic nitrogens is 5. The molecule has 1 saturated heterocycles. The summed E-state index contributed by atoms with van der Waals surface area (Å²) in [6.07, 6.45) is -3.81. The molecule has 1 aliphatic heterocycles. The smallest absolute Gasteiger partial charge is 0.433 e. The number of carbonyl (C=O) groups is 3. The molecule has 0 saturated carbocycles. The van der Waals surface area contributed by atoms with Gasteiger partial charge in [0.05, 0.1) is 23.7 Å². The van der Waals surface area contributed by atoms with Gasteiger partial charge in [-0.2, -0.15) is 23.4 Å².